The van der Waals surface area contributed by atoms with E-state index < -0.39 is 15.9 Å². The molecule has 0 aliphatic heterocycles. The van der Waals surface area contributed by atoms with Crippen molar-refractivity contribution >= 4 is 26.8 Å². The molecule has 1 atom stereocenters. The average Bonchev–Trinajstić information content (AvgIpc) is 2.50. The molecule has 124 valence electrons. The van der Waals surface area contributed by atoms with Crippen molar-refractivity contribution < 1.29 is 13.2 Å². The summed E-state index contributed by atoms with van der Waals surface area (Å²) in [6.45, 7) is 2.04. The maximum absolute atomic E-state index is 12.2. The predicted molar refractivity (Wildman–Crippen MR) is 90.9 cm³/mol. The number of carbonyl (C=O) groups is 1. The van der Waals surface area contributed by atoms with E-state index in [4.69, 9.17) is 0 Å². The Bertz CT molecular complexity index is 800. The van der Waals surface area contributed by atoms with Crippen LogP contribution in [0.3, 0.4) is 0 Å². The van der Waals surface area contributed by atoms with Gasteiger partial charge in [0.05, 0.1) is 11.3 Å². The molecule has 0 aliphatic rings. The monoisotopic (exact) mass is 335 g/mol. The molecule has 1 N–H and O–H groups in total. The van der Waals surface area contributed by atoms with Gasteiger partial charge in [0.15, 0.2) is 0 Å². The first-order valence-electron chi connectivity index (χ1n) is 7.29. The van der Waals surface area contributed by atoms with Gasteiger partial charge in [0, 0.05) is 37.5 Å². The molecule has 0 saturated heterocycles. The lowest BCUT2D eigenvalue weighted by atomic mass is 10.1. The number of aromatic nitrogens is 1. The average molecular weight is 335 g/mol. The van der Waals surface area contributed by atoms with E-state index in [0.29, 0.717) is 6.54 Å². The van der Waals surface area contributed by atoms with Crippen LogP contribution in [0.25, 0.3) is 10.9 Å². The van der Waals surface area contributed by atoms with Gasteiger partial charge in [-0.3, -0.25) is 4.98 Å². The van der Waals surface area contributed by atoms with Crippen molar-refractivity contribution in [3.63, 3.8) is 0 Å². The molecule has 0 bridgehead atoms. The van der Waals surface area contributed by atoms with Crippen LogP contribution in [0.2, 0.25) is 0 Å². The summed E-state index contributed by atoms with van der Waals surface area (Å²) < 4.78 is 22.7. The number of hydrogen-bond acceptors (Lipinski definition) is 4. The molecule has 0 unspecified atom stereocenters. The van der Waals surface area contributed by atoms with Crippen LogP contribution < -0.4 is 5.32 Å². The number of nitrogens with zero attached hydrogens (tertiary/aromatic N) is 2. The van der Waals surface area contributed by atoms with Gasteiger partial charge in [0.2, 0.25) is 0 Å². The van der Waals surface area contributed by atoms with E-state index in [9.17, 15) is 13.2 Å². The zero-order valence-corrected chi connectivity index (χ0v) is 14.3. The molecule has 2 aromatic rings. The highest BCUT2D eigenvalue weighted by Gasteiger charge is 2.19. The number of pyridine rings is 1. The molecule has 23 heavy (non-hydrogen) atoms. The standard InChI is InChI=1S/C16H21N3O3S/c1-12(11-23(3,21)22)19(2)16(20)18-10-14-7-4-6-13-8-5-9-17-15(13)14/h4-9,12H,10-11H2,1-3H3,(H,18,20)/t12-/m1/s1. The number of sulfone groups is 1. The van der Waals surface area contributed by atoms with E-state index in [1.807, 2.05) is 30.3 Å². The van der Waals surface area contributed by atoms with Crippen LogP contribution in [0.4, 0.5) is 4.79 Å². The fraction of sp³-hybridized carbons (Fsp3) is 0.375. The third-order valence-corrected chi connectivity index (χ3v) is 4.76. The molecule has 1 aromatic carbocycles. The second kappa shape index (κ2) is 6.95. The van der Waals surface area contributed by atoms with Gasteiger partial charge in [-0.25, -0.2) is 13.2 Å². The number of nitrogens with one attached hydrogen (secondary N) is 1. The summed E-state index contributed by atoms with van der Waals surface area (Å²) in [5.74, 6) is -0.0628. The van der Waals surface area contributed by atoms with Crippen LogP contribution in [-0.2, 0) is 16.4 Å². The van der Waals surface area contributed by atoms with Crippen molar-refractivity contribution in [3.05, 3.63) is 42.1 Å². The topological polar surface area (TPSA) is 79.4 Å². The maximum atomic E-state index is 12.2. The van der Waals surface area contributed by atoms with Gasteiger partial charge < -0.3 is 10.2 Å². The van der Waals surface area contributed by atoms with E-state index >= 15 is 0 Å². The van der Waals surface area contributed by atoms with E-state index in [-0.39, 0.29) is 11.8 Å². The van der Waals surface area contributed by atoms with Gasteiger partial charge in [0.25, 0.3) is 0 Å². The molecular weight excluding hydrogens is 314 g/mol. The van der Waals surface area contributed by atoms with Crippen LogP contribution in [0.5, 0.6) is 0 Å². The second-order valence-electron chi connectivity index (χ2n) is 5.70. The Hall–Kier alpha value is -2.15. The zero-order chi connectivity index (χ0) is 17.0. The Kier molecular flexibility index (Phi) is 5.20. The zero-order valence-electron chi connectivity index (χ0n) is 13.5. The van der Waals surface area contributed by atoms with Crippen LogP contribution in [0.1, 0.15) is 12.5 Å². The first kappa shape index (κ1) is 17.2. The summed E-state index contributed by atoms with van der Waals surface area (Å²) in [4.78, 5) is 17.9. The van der Waals surface area contributed by atoms with Crippen molar-refractivity contribution in [3.8, 4) is 0 Å². The molecule has 7 heteroatoms. The number of rotatable bonds is 5. The minimum absolute atomic E-state index is 0.0628. The molecule has 2 amide bonds. The number of amides is 2. The summed E-state index contributed by atoms with van der Waals surface area (Å²) >= 11 is 0. The van der Waals surface area contributed by atoms with Gasteiger partial charge in [-0.2, -0.15) is 0 Å². The summed E-state index contributed by atoms with van der Waals surface area (Å²) in [7, 11) is -1.54. The van der Waals surface area contributed by atoms with Crippen molar-refractivity contribution in [2.24, 2.45) is 0 Å². The summed E-state index contributed by atoms with van der Waals surface area (Å²) in [6.07, 6.45) is 2.88. The molecule has 6 nitrogen and oxygen atoms in total. The lowest BCUT2D eigenvalue weighted by molar-refractivity contribution is 0.197. The largest absolute Gasteiger partial charge is 0.334 e. The Morgan fingerprint density at radius 2 is 2.00 bits per heavy atom. The van der Waals surface area contributed by atoms with E-state index in [2.05, 4.69) is 10.3 Å². The Labute approximate surface area is 136 Å². The Morgan fingerprint density at radius 3 is 2.70 bits per heavy atom. The van der Waals surface area contributed by atoms with Crippen LogP contribution >= 0.6 is 0 Å². The minimum atomic E-state index is -3.13. The van der Waals surface area contributed by atoms with Gasteiger partial charge in [0.1, 0.15) is 9.84 Å². The van der Waals surface area contributed by atoms with Crippen molar-refractivity contribution in [1.29, 1.82) is 0 Å². The van der Waals surface area contributed by atoms with Crippen LogP contribution in [0.15, 0.2) is 36.5 Å². The number of benzene rings is 1. The second-order valence-corrected chi connectivity index (χ2v) is 7.89. The molecular formula is C16H21N3O3S. The predicted octanol–water partition coefficient (Wildman–Crippen LogP) is 1.81. The molecule has 1 aromatic heterocycles. The van der Waals surface area contributed by atoms with Gasteiger partial charge >= 0.3 is 6.03 Å². The fourth-order valence-electron chi connectivity index (χ4n) is 2.36. The van der Waals surface area contributed by atoms with Crippen molar-refractivity contribution in [2.45, 2.75) is 19.5 Å². The summed E-state index contributed by atoms with van der Waals surface area (Å²) in [6, 6.07) is 8.93. The highest BCUT2D eigenvalue weighted by molar-refractivity contribution is 7.90. The van der Waals surface area contributed by atoms with Gasteiger partial charge in [-0.15, -0.1) is 0 Å². The van der Waals surface area contributed by atoms with Crippen LogP contribution in [0, 0.1) is 0 Å². The van der Waals surface area contributed by atoms with Crippen molar-refractivity contribution in [2.75, 3.05) is 19.1 Å². The summed E-state index contributed by atoms with van der Waals surface area (Å²) in [5.41, 5.74) is 1.77. The summed E-state index contributed by atoms with van der Waals surface area (Å²) in [5, 5.41) is 3.82. The molecule has 0 saturated carbocycles. The highest BCUT2D eigenvalue weighted by Crippen LogP contribution is 2.15. The van der Waals surface area contributed by atoms with E-state index in [1.54, 1.807) is 20.2 Å². The van der Waals surface area contributed by atoms with E-state index in [0.717, 1.165) is 22.7 Å². The molecule has 0 spiro atoms. The number of fused-ring (bicyclic) bond motifs is 1. The Morgan fingerprint density at radius 1 is 1.30 bits per heavy atom. The Balaban J connectivity index is 2.03. The molecule has 0 aliphatic carbocycles. The third-order valence-electron chi connectivity index (χ3n) is 3.67. The highest BCUT2D eigenvalue weighted by atomic mass is 32.2. The van der Waals surface area contributed by atoms with Crippen LogP contribution in [-0.4, -0.2) is 49.4 Å². The molecule has 0 fully saturated rings. The normalized spacial score (nSPS) is 12.8. The van der Waals surface area contributed by atoms with Gasteiger partial charge in [-0.1, -0.05) is 24.3 Å². The maximum Gasteiger partial charge on any atom is 0.317 e. The smallest absolute Gasteiger partial charge is 0.317 e. The minimum Gasteiger partial charge on any atom is -0.334 e. The SMILES string of the molecule is C[C@H](CS(C)(=O)=O)N(C)C(=O)NCc1cccc2cccnc12. The molecule has 0 radical (unpaired) electrons. The number of para-hydroxylation sites is 1. The number of urea groups is 1. The number of hydrogen-bond donors (Lipinski definition) is 1. The van der Waals surface area contributed by atoms with Gasteiger partial charge in [-0.05, 0) is 18.6 Å². The first-order valence-corrected chi connectivity index (χ1v) is 9.35. The van der Waals surface area contributed by atoms with Crippen molar-refractivity contribution in [1.82, 2.24) is 15.2 Å². The lowest BCUT2D eigenvalue weighted by Crippen LogP contribution is -2.44. The third kappa shape index (κ3) is 4.66. The molecule has 1 heterocycles. The molecule has 2 rings (SSSR count). The quantitative estimate of drug-likeness (QED) is 0.904. The van der Waals surface area contributed by atoms with E-state index in [1.165, 1.54) is 4.90 Å². The lowest BCUT2D eigenvalue weighted by Gasteiger charge is -2.24. The fourth-order valence-corrected chi connectivity index (χ4v) is 3.46. The first-order chi connectivity index (χ1) is 10.8. The number of carbonyl (C=O) groups excluding carboxylic acids is 1.